The van der Waals surface area contributed by atoms with Crippen molar-refractivity contribution >= 4 is 10.9 Å². The van der Waals surface area contributed by atoms with Gasteiger partial charge in [-0.25, -0.2) is 0 Å². The number of nitrogens with one attached hydrogen (secondary N) is 1. The highest BCUT2D eigenvalue weighted by Gasteiger charge is 2.09. The van der Waals surface area contributed by atoms with Crippen LogP contribution in [-0.4, -0.2) is 16.3 Å². The Balaban J connectivity index is 1.79. The van der Waals surface area contributed by atoms with Gasteiger partial charge in [-0.1, -0.05) is 25.1 Å². The van der Waals surface area contributed by atoms with Gasteiger partial charge in [0.15, 0.2) is 0 Å². The van der Waals surface area contributed by atoms with Gasteiger partial charge in [-0.05, 0) is 25.1 Å². The predicted molar refractivity (Wildman–Crippen MR) is 79.5 cm³/mol. The summed E-state index contributed by atoms with van der Waals surface area (Å²) in [5.41, 5.74) is 2.34. The molecule has 0 aliphatic rings. The lowest BCUT2D eigenvalue weighted by Gasteiger charge is -2.05. The van der Waals surface area contributed by atoms with Crippen molar-refractivity contribution in [2.24, 2.45) is 0 Å². The van der Waals surface area contributed by atoms with Crippen molar-refractivity contribution in [2.45, 2.75) is 26.4 Å². The normalized spacial score (nSPS) is 11.2. The van der Waals surface area contributed by atoms with Gasteiger partial charge in [0.2, 0.25) is 0 Å². The van der Waals surface area contributed by atoms with E-state index in [1.54, 1.807) is 6.26 Å². The highest BCUT2D eigenvalue weighted by molar-refractivity contribution is 5.78. The molecule has 2 aromatic heterocycles. The van der Waals surface area contributed by atoms with Gasteiger partial charge in [0, 0.05) is 17.5 Å². The second kappa shape index (κ2) is 5.92. The molecule has 3 rings (SSSR count). The molecule has 4 nitrogen and oxygen atoms in total. The van der Waals surface area contributed by atoms with Crippen LogP contribution in [0.1, 0.15) is 24.7 Å². The van der Waals surface area contributed by atoms with E-state index >= 15 is 0 Å². The van der Waals surface area contributed by atoms with Gasteiger partial charge in [0.05, 0.1) is 24.5 Å². The average Bonchev–Trinajstić information content (AvgIpc) is 3.08. The SMILES string of the molecule is CCCNCc1ccoc1Cn1ncc2ccccc21. The number of benzene rings is 1. The first-order valence-electron chi connectivity index (χ1n) is 7.05. The summed E-state index contributed by atoms with van der Waals surface area (Å²) in [6.45, 7) is 4.71. The molecule has 2 heterocycles. The van der Waals surface area contributed by atoms with Gasteiger partial charge >= 0.3 is 0 Å². The first-order chi connectivity index (χ1) is 9.88. The van der Waals surface area contributed by atoms with E-state index in [-0.39, 0.29) is 0 Å². The van der Waals surface area contributed by atoms with E-state index in [0.29, 0.717) is 6.54 Å². The van der Waals surface area contributed by atoms with E-state index in [0.717, 1.165) is 36.2 Å². The van der Waals surface area contributed by atoms with Crippen LogP contribution in [0.4, 0.5) is 0 Å². The largest absolute Gasteiger partial charge is 0.467 e. The summed E-state index contributed by atoms with van der Waals surface area (Å²) in [5, 5.41) is 9.01. The molecule has 4 heteroatoms. The lowest BCUT2D eigenvalue weighted by atomic mass is 10.2. The number of fused-ring (bicyclic) bond motifs is 1. The maximum atomic E-state index is 5.62. The molecule has 1 aromatic carbocycles. The molecule has 0 unspecified atom stereocenters. The molecule has 0 radical (unpaired) electrons. The van der Waals surface area contributed by atoms with Crippen LogP contribution in [-0.2, 0) is 13.1 Å². The first kappa shape index (κ1) is 12.9. The Bertz CT molecular complexity index is 684. The molecule has 0 amide bonds. The minimum Gasteiger partial charge on any atom is -0.467 e. The van der Waals surface area contributed by atoms with E-state index in [1.807, 2.05) is 29.1 Å². The molecular formula is C16H19N3O. The summed E-state index contributed by atoms with van der Waals surface area (Å²) in [6.07, 6.45) is 4.79. The number of furan rings is 1. The molecule has 104 valence electrons. The van der Waals surface area contributed by atoms with Crippen molar-refractivity contribution in [1.29, 1.82) is 0 Å². The topological polar surface area (TPSA) is 43.0 Å². The van der Waals surface area contributed by atoms with E-state index in [1.165, 1.54) is 5.56 Å². The zero-order chi connectivity index (χ0) is 13.8. The third-order valence-corrected chi connectivity index (χ3v) is 3.42. The number of hydrogen-bond acceptors (Lipinski definition) is 3. The van der Waals surface area contributed by atoms with Crippen LogP contribution in [0.5, 0.6) is 0 Å². The molecule has 0 bridgehead atoms. The van der Waals surface area contributed by atoms with Crippen LogP contribution in [0.15, 0.2) is 47.2 Å². The minimum absolute atomic E-state index is 0.670. The second-order valence-electron chi connectivity index (χ2n) is 4.91. The smallest absolute Gasteiger partial charge is 0.129 e. The maximum absolute atomic E-state index is 5.62. The van der Waals surface area contributed by atoms with Gasteiger partial charge in [0.25, 0.3) is 0 Å². The van der Waals surface area contributed by atoms with Crippen LogP contribution in [0.3, 0.4) is 0 Å². The van der Waals surface area contributed by atoms with Crippen molar-refractivity contribution in [3.63, 3.8) is 0 Å². The molecule has 0 spiro atoms. The Morgan fingerprint density at radius 2 is 2.15 bits per heavy atom. The summed E-state index contributed by atoms with van der Waals surface area (Å²) < 4.78 is 7.60. The molecule has 0 aliphatic carbocycles. The van der Waals surface area contributed by atoms with Crippen LogP contribution in [0.2, 0.25) is 0 Å². The Morgan fingerprint density at radius 1 is 1.25 bits per heavy atom. The highest BCUT2D eigenvalue weighted by Crippen LogP contribution is 2.17. The molecule has 20 heavy (non-hydrogen) atoms. The Hall–Kier alpha value is -2.07. The van der Waals surface area contributed by atoms with Crippen molar-refractivity contribution in [3.05, 3.63) is 54.1 Å². The molecular weight excluding hydrogens is 250 g/mol. The van der Waals surface area contributed by atoms with E-state index in [2.05, 4.69) is 29.5 Å². The van der Waals surface area contributed by atoms with E-state index < -0.39 is 0 Å². The monoisotopic (exact) mass is 269 g/mol. The summed E-state index contributed by atoms with van der Waals surface area (Å²) in [7, 11) is 0. The average molecular weight is 269 g/mol. The summed E-state index contributed by atoms with van der Waals surface area (Å²) in [6, 6.07) is 10.3. The zero-order valence-corrected chi connectivity index (χ0v) is 11.7. The molecule has 0 fully saturated rings. The van der Waals surface area contributed by atoms with Crippen LogP contribution in [0.25, 0.3) is 10.9 Å². The first-order valence-corrected chi connectivity index (χ1v) is 7.05. The number of hydrogen-bond donors (Lipinski definition) is 1. The minimum atomic E-state index is 0.670. The Labute approximate surface area is 118 Å². The number of para-hydroxylation sites is 1. The lowest BCUT2D eigenvalue weighted by molar-refractivity contribution is 0.477. The molecule has 0 aliphatic heterocycles. The van der Waals surface area contributed by atoms with Crippen molar-refractivity contribution in [1.82, 2.24) is 15.1 Å². The van der Waals surface area contributed by atoms with Crippen molar-refractivity contribution in [2.75, 3.05) is 6.54 Å². The van der Waals surface area contributed by atoms with Crippen LogP contribution in [0, 0.1) is 0 Å². The fraction of sp³-hybridized carbons (Fsp3) is 0.312. The van der Waals surface area contributed by atoms with Crippen LogP contribution < -0.4 is 5.32 Å². The summed E-state index contributed by atoms with van der Waals surface area (Å²) in [5.74, 6) is 0.974. The quantitative estimate of drug-likeness (QED) is 0.699. The van der Waals surface area contributed by atoms with Gasteiger partial charge < -0.3 is 9.73 Å². The van der Waals surface area contributed by atoms with Crippen molar-refractivity contribution < 1.29 is 4.42 Å². The molecule has 0 saturated carbocycles. The Kier molecular flexibility index (Phi) is 3.83. The summed E-state index contributed by atoms with van der Waals surface area (Å²) in [4.78, 5) is 0. The van der Waals surface area contributed by atoms with Gasteiger partial charge in [0.1, 0.15) is 5.76 Å². The van der Waals surface area contributed by atoms with Crippen molar-refractivity contribution in [3.8, 4) is 0 Å². The molecule has 1 N–H and O–H groups in total. The molecule has 0 saturated heterocycles. The van der Waals surface area contributed by atoms with Gasteiger partial charge in [-0.15, -0.1) is 0 Å². The molecule has 3 aromatic rings. The summed E-state index contributed by atoms with van der Waals surface area (Å²) >= 11 is 0. The zero-order valence-electron chi connectivity index (χ0n) is 11.7. The van der Waals surface area contributed by atoms with E-state index in [4.69, 9.17) is 4.42 Å². The highest BCUT2D eigenvalue weighted by atomic mass is 16.3. The maximum Gasteiger partial charge on any atom is 0.129 e. The predicted octanol–water partition coefficient (Wildman–Crippen LogP) is 3.18. The third kappa shape index (κ3) is 2.60. The van der Waals surface area contributed by atoms with Gasteiger partial charge in [-0.2, -0.15) is 5.10 Å². The Morgan fingerprint density at radius 3 is 3.05 bits per heavy atom. The lowest BCUT2D eigenvalue weighted by Crippen LogP contribution is -2.15. The fourth-order valence-electron chi connectivity index (χ4n) is 2.35. The van der Waals surface area contributed by atoms with Crippen LogP contribution >= 0.6 is 0 Å². The second-order valence-corrected chi connectivity index (χ2v) is 4.91. The van der Waals surface area contributed by atoms with Gasteiger partial charge in [-0.3, -0.25) is 4.68 Å². The number of rotatable bonds is 6. The standard InChI is InChI=1S/C16H19N3O/c1-2-8-17-10-14-7-9-20-16(14)12-19-15-6-4-3-5-13(15)11-18-19/h3-7,9,11,17H,2,8,10,12H2,1H3. The fourth-order valence-corrected chi connectivity index (χ4v) is 2.35. The van der Waals surface area contributed by atoms with E-state index in [9.17, 15) is 0 Å². The number of nitrogens with zero attached hydrogens (tertiary/aromatic N) is 2. The number of aromatic nitrogens is 2. The molecule has 0 atom stereocenters. The third-order valence-electron chi connectivity index (χ3n) is 3.42.